The van der Waals surface area contributed by atoms with Gasteiger partial charge in [0.25, 0.3) is 5.69 Å². The summed E-state index contributed by atoms with van der Waals surface area (Å²) < 4.78 is 27.1. The second kappa shape index (κ2) is 14.6. The number of halogens is 3. The van der Waals surface area contributed by atoms with Crippen LogP contribution in [0.3, 0.4) is 0 Å². The molecular weight excluding hydrogens is 654 g/mol. The number of likely N-dealkylation sites (tertiary alicyclic amines) is 1. The Morgan fingerprint density at radius 1 is 1.32 bits per heavy atom. The Kier molecular flexibility index (Phi) is 10.8. The van der Waals surface area contributed by atoms with E-state index in [9.17, 15) is 24.8 Å². The second-order valence-electron chi connectivity index (χ2n) is 11.7. The third kappa shape index (κ3) is 6.71. The van der Waals surface area contributed by atoms with Gasteiger partial charge in [-0.25, -0.2) is 9.18 Å². The summed E-state index contributed by atoms with van der Waals surface area (Å²) in [6, 6.07) is 7.12. The number of carbonyl (C=O) groups excluding carboxylic acids is 2. The van der Waals surface area contributed by atoms with Crippen molar-refractivity contribution in [1.82, 2.24) is 10.2 Å². The monoisotopic (exact) mass is 688 g/mol. The molecule has 1 amide bonds. The summed E-state index contributed by atoms with van der Waals surface area (Å²) in [5, 5.41) is 29.7. The quantitative estimate of drug-likeness (QED) is 0.125. The number of ether oxygens (including phenoxy) is 2. The number of aliphatic hydroxyl groups is 1. The second-order valence-corrected chi connectivity index (χ2v) is 12.6. The van der Waals surface area contributed by atoms with Crippen LogP contribution in [0.2, 0.25) is 5.02 Å². The first-order valence-electron chi connectivity index (χ1n) is 15.1. The van der Waals surface area contributed by atoms with Gasteiger partial charge in [-0.2, -0.15) is 0 Å². The lowest BCUT2D eigenvalue weighted by atomic mass is 9.76. The average molecular weight is 690 g/mol. The molecule has 250 valence electrons. The maximum Gasteiger partial charge on any atom is 0.338 e. The summed E-state index contributed by atoms with van der Waals surface area (Å²) in [4.78, 5) is 39.7. The van der Waals surface area contributed by atoms with Gasteiger partial charge in [0.1, 0.15) is 11.4 Å². The van der Waals surface area contributed by atoms with Gasteiger partial charge < -0.3 is 25.2 Å². The van der Waals surface area contributed by atoms with Crippen molar-refractivity contribution in [2.24, 2.45) is 11.8 Å². The van der Waals surface area contributed by atoms with Crippen molar-refractivity contribution in [3.63, 3.8) is 0 Å². The molecule has 5 rings (SSSR count). The van der Waals surface area contributed by atoms with Crippen LogP contribution in [0.15, 0.2) is 72.1 Å². The molecule has 3 heterocycles. The van der Waals surface area contributed by atoms with Gasteiger partial charge in [-0.15, -0.1) is 0 Å². The summed E-state index contributed by atoms with van der Waals surface area (Å²) in [7, 11) is 1.17. The molecule has 2 saturated heterocycles. The number of nitrogens with one attached hydrogen (secondary N) is 2. The van der Waals surface area contributed by atoms with E-state index in [1.54, 1.807) is 18.2 Å². The number of fused-ring (bicyclic) bond motifs is 2. The lowest BCUT2D eigenvalue weighted by molar-refractivity contribution is -0.385. The van der Waals surface area contributed by atoms with Crippen LogP contribution < -0.4 is 10.6 Å². The molecule has 2 aromatic carbocycles. The van der Waals surface area contributed by atoms with Gasteiger partial charge in [0.2, 0.25) is 5.91 Å². The topological polar surface area (TPSA) is 143 Å². The number of benzene rings is 2. The number of esters is 1. The van der Waals surface area contributed by atoms with Gasteiger partial charge in [0, 0.05) is 65.3 Å². The molecule has 4 atom stereocenters. The maximum atomic E-state index is 16.8. The Bertz CT molecular complexity index is 1630. The summed E-state index contributed by atoms with van der Waals surface area (Å²) in [6.07, 6.45) is 5.41. The number of rotatable bonds is 11. The first kappa shape index (κ1) is 34.7. The van der Waals surface area contributed by atoms with E-state index in [2.05, 4.69) is 17.2 Å². The van der Waals surface area contributed by atoms with Crippen LogP contribution in [0, 0.1) is 22.0 Å². The van der Waals surface area contributed by atoms with E-state index in [1.165, 1.54) is 37.5 Å². The van der Waals surface area contributed by atoms with Crippen molar-refractivity contribution in [1.29, 1.82) is 0 Å². The van der Waals surface area contributed by atoms with Gasteiger partial charge in [-0.3, -0.25) is 19.8 Å². The molecule has 0 bridgehead atoms. The first-order chi connectivity index (χ1) is 22.5. The van der Waals surface area contributed by atoms with E-state index in [0.29, 0.717) is 48.9 Å². The molecule has 0 unspecified atom stereocenters. The normalized spacial score (nSPS) is 24.9. The highest BCUT2D eigenvalue weighted by atomic mass is 35.5. The molecule has 3 aliphatic rings. The van der Waals surface area contributed by atoms with E-state index < -0.39 is 52.8 Å². The molecule has 0 aliphatic carbocycles. The summed E-state index contributed by atoms with van der Waals surface area (Å²) in [5.74, 6) is -3.05. The Labute approximate surface area is 281 Å². The van der Waals surface area contributed by atoms with E-state index in [1.807, 2.05) is 4.90 Å². The summed E-state index contributed by atoms with van der Waals surface area (Å²) in [5.41, 5.74) is -0.849. The van der Waals surface area contributed by atoms with Gasteiger partial charge in [-0.1, -0.05) is 48.0 Å². The molecule has 14 heteroatoms. The Balaban J connectivity index is 1.65. The summed E-state index contributed by atoms with van der Waals surface area (Å²) in [6.45, 7) is 4.40. The molecule has 2 aromatic rings. The lowest BCUT2D eigenvalue weighted by Crippen LogP contribution is -2.55. The smallest absolute Gasteiger partial charge is 0.338 e. The minimum atomic E-state index is -1.63. The highest BCUT2D eigenvalue weighted by Gasteiger charge is 2.67. The van der Waals surface area contributed by atoms with Gasteiger partial charge in [0.05, 0.1) is 36.2 Å². The van der Waals surface area contributed by atoms with E-state index in [-0.39, 0.29) is 34.3 Å². The fourth-order valence-corrected chi connectivity index (χ4v) is 7.27. The molecule has 0 saturated carbocycles. The molecule has 3 N–H and O–H groups in total. The number of aliphatic hydroxyl groups excluding tert-OH is 1. The fraction of sp³-hybridized carbons (Fsp3) is 0.394. The fourth-order valence-electron chi connectivity index (χ4n) is 7.03. The first-order valence-corrected chi connectivity index (χ1v) is 15.8. The predicted octanol–water partition coefficient (Wildman–Crippen LogP) is 5.22. The zero-order valence-corrected chi connectivity index (χ0v) is 27.1. The number of hydrogen-bond acceptors (Lipinski definition) is 9. The highest BCUT2D eigenvalue weighted by Crippen LogP contribution is 2.56. The van der Waals surface area contributed by atoms with Crippen molar-refractivity contribution in [2.45, 2.75) is 37.0 Å². The number of allylic oxidation sites excluding steroid dienone is 4. The number of nitro groups is 1. The number of carbonyl (C=O) groups is 2. The average Bonchev–Trinajstić information content (AvgIpc) is 3.49. The lowest BCUT2D eigenvalue weighted by Gasteiger charge is -2.41. The largest absolute Gasteiger partial charge is 0.465 e. The standard InChI is InChI=1S/C33H35Cl2FN4O7/c1-19(34)4-3-5-25(36)29-30(37-16-22-7-6-21(31(42)46-2)14-27(22)40(44)45)28(18-41)39(17-20-10-12-47-13-11-20)33(29)24-9-8-23(35)15-26(24)38-32(33)43/h3-9,14-15,20,28-30,37,41H,1,10-13,16-18H2,2H3,(H,38,43)/b4-3-,25-5-/t28-,29-,30+,33+/m0/s1. The molecule has 0 aromatic heterocycles. The molecule has 1 spiro atoms. The summed E-state index contributed by atoms with van der Waals surface area (Å²) >= 11 is 12.2. The predicted molar refractivity (Wildman–Crippen MR) is 175 cm³/mol. The Morgan fingerprint density at radius 2 is 2.06 bits per heavy atom. The van der Waals surface area contributed by atoms with Gasteiger partial charge in [-0.05, 0) is 49.1 Å². The Hall–Kier alpha value is -3.65. The molecule has 47 heavy (non-hydrogen) atoms. The van der Waals surface area contributed by atoms with Crippen molar-refractivity contribution in [3.8, 4) is 0 Å². The Morgan fingerprint density at radius 3 is 2.72 bits per heavy atom. The number of anilines is 1. The number of nitro benzene ring substituents is 1. The van der Waals surface area contributed by atoms with Gasteiger partial charge >= 0.3 is 5.97 Å². The van der Waals surface area contributed by atoms with Crippen LogP contribution in [-0.2, 0) is 26.4 Å². The molecule has 3 aliphatic heterocycles. The minimum Gasteiger partial charge on any atom is -0.465 e. The zero-order chi connectivity index (χ0) is 33.9. The maximum absolute atomic E-state index is 16.8. The third-order valence-corrected chi connectivity index (χ3v) is 9.47. The van der Waals surface area contributed by atoms with Crippen LogP contribution in [0.4, 0.5) is 15.8 Å². The number of methoxy groups -OCH3 is 1. The van der Waals surface area contributed by atoms with E-state index in [4.69, 9.17) is 32.7 Å². The van der Waals surface area contributed by atoms with Crippen molar-refractivity contribution in [3.05, 3.63) is 104 Å². The number of amides is 1. The molecule has 2 fully saturated rings. The van der Waals surface area contributed by atoms with Crippen LogP contribution in [0.25, 0.3) is 0 Å². The molecular formula is C33H35Cl2FN4O7. The SMILES string of the molecule is C=C(Cl)/C=C\C=C(/F)[C@H]1[C@H](NCc2ccc(C(=O)OC)cc2[N+](=O)[O-])[C@H](CO)N(CC2CCOCC2)[C@@]12C(=O)Nc1cc(Cl)ccc12. The van der Waals surface area contributed by atoms with Crippen LogP contribution in [-0.4, -0.2) is 72.4 Å². The molecule has 11 nitrogen and oxygen atoms in total. The van der Waals surface area contributed by atoms with Crippen LogP contribution in [0.5, 0.6) is 0 Å². The van der Waals surface area contributed by atoms with Crippen LogP contribution in [0.1, 0.15) is 34.3 Å². The zero-order valence-electron chi connectivity index (χ0n) is 25.6. The third-order valence-electron chi connectivity index (χ3n) is 9.11. The number of nitrogens with zero attached hydrogens (tertiary/aromatic N) is 2. The van der Waals surface area contributed by atoms with E-state index in [0.717, 1.165) is 6.07 Å². The minimum absolute atomic E-state index is 0.00365. The highest BCUT2D eigenvalue weighted by molar-refractivity contribution is 6.31. The van der Waals surface area contributed by atoms with Crippen molar-refractivity contribution < 1.29 is 33.5 Å². The van der Waals surface area contributed by atoms with Crippen molar-refractivity contribution >= 4 is 46.5 Å². The van der Waals surface area contributed by atoms with E-state index >= 15 is 4.39 Å². The number of hydrogen-bond donors (Lipinski definition) is 3. The van der Waals surface area contributed by atoms with Crippen molar-refractivity contribution in [2.75, 3.05) is 38.8 Å². The molecule has 0 radical (unpaired) electrons. The van der Waals surface area contributed by atoms with Crippen LogP contribution >= 0.6 is 23.2 Å². The van der Waals surface area contributed by atoms with Gasteiger partial charge in [0.15, 0.2) is 0 Å².